The predicted molar refractivity (Wildman–Crippen MR) is 164 cm³/mol. The van der Waals surface area contributed by atoms with Crippen molar-refractivity contribution in [2.24, 2.45) is 0 Å². The summed E-state index contributed by atoms with van der Waals surface area (Å²) in [4.78, 5) is 58.0. The van der Waals surface area contributed by atoms with E-state index in [2.05, 4.69) is 5.32 Å². The molecule has 218 valence electrons. The van der Waals surface area contributed by atoms with Crippen LogP contribution in [0.5, 0.6) is 0 Å². The van der Waals surface area contributed by atoms with Crippen molar-refractivity contribution >= 4 is 52.2 Å². The van der Waals surface area contributed by atoms with Crippen molar-refractivity contribution < 1.29 is 23.6 Å². The lowest BCUT2D eigenvalue weighted by Gasteiger charge is -2.33. The lowest BCUT2D eigenvalue weighted by Crippen LogP contribution is -2.46. The van der Waals surface area contributed by atoms with Crippen molar-refractivity contribution in [1.29, 1.82) is 0 Å². The Bertz CT molecular complexity index is 1670. The van der Waals surface area contributed by atoms with Gasteiger partial charge in [-0.2, -0.15) is 0 Å². The van der Waals surface area contributed by atoms with Gasteiger partial charge in [-0.3, -0.25) is 24.1 Å². The first-order valence-electron chi connectivity index (χ1n) is 13.4. The summed E-state index contributed by atoms with van der Waals surface area (Å²) in [7, 11) is 3.81. The van der Waals surface area contributed by atoms with Gasteiger partial charge in [-0.25, -0.2) is 4.39 Å². The summed E-state index contributed by atoms with van der Waals surface area (Å²) < 4.78 is 13.7. The minimum Gasteiger partial charge on any atom is -0.378 e. The van der Waals surface area contributed by atoms with Crippen LogP contribution < -0.4 is 15.1 Å². The monoisotopic (exact) mass is 598 g/mol. The first kappa shape index (κ1) is 29.5. The molecule has 1 heterocycles. The quantitative estimate of drug-likeness (QED) is 0.258. The van der Waals surface area contributed by atoms with E-state index < -0.39 is 41.9 Å². The smallest absolute Gasteiger partial charge is 0.299 e. The molecule has 0 fully saturated rings. The Balaban J connectivity index is 1.53. The fraction of sp³-hybridized carbons (Fsp3) is 0.152. The first-order chi connectivity index (χ1) is 20.6. The number of nitrogens with one attached hydrogen (secondary N) is 1. The molecule has 0 saturated carbocycles. The van der Waals surface area contributed by atoms with E-state index in [0.717, 1.165) is 10.6 Å². The highest BCUT2D eigenvalue weighted by atomic mass is 35.5. The Morgan fingerprint density at radius 2 is 1.53 bits per heavy atom. The highest BCUT2D eigenvalue weighted by Gasteiger charge is 2.39. The van der Waals surface area contributed by atoms with Crippen LogP contribution in [0.3, 0.4) is 0 Å². The standard InChI is InChI=1S/C33H28ClFN4O4/c1-37(2)26-17-15-25(16-18-26)36-32(42)30(22-9-11-23(34)12-10-22)39(19-21-7-13-24(35)14-8-21)29(40)20-38-28-6-4-3-5-27(28)31(41)33(38)43/h3-18,30H,19-20H2,1-2H3,(H,36,42). The maximum atomic E-state index is 14.1. The molecule has 0 spiro atoms. The molecule has 1 aliphatic heterocycles. The summed E-state index contributed by atoms with van der Waals surface area (Å²) in [6.07, 6.45) is 0. The number of para-hydroxylation sites is 1. The van der Waals surface area contributed by atoms with Gasteiger partial charge in [0, 0.05) is 37.0 Å². The predicted octanol–water partition coefficient (Wildman–Crippen LogP) is 5.48. The van der Waals surface area contributed by atoms with Crippen LogP contribution >= 0.6 is 11.6 Å². The van der Waals surface area contributed by atoms with E-state index in [1.54, 1.807) is 54.6 Å². The second-order valence-electron chi connectivity index (χ2n) is 10.3. The van der Waals surface area contributed by atoms with Crippen LogP contribution in [0, 0.1) is 5.82 Å². The maximum Gasteiger partial charge on any atom is 0.299 e. The minimum absolute atomic E-state index is 0.0863. The van der Waals surface area contributed by atoms with Crippen LogP contribution in [0.1, 0.15) is 27.5 Å². The summed E-state index contributed by atoms with van der Waals surface area (Å²) in [5, 5.41) is 3.34. The molecular weight excluding hydrogens is 571 g/mol. The van der Waals surface area contributed by atoms with Gasteiger partial charge in [0.2, 0.25) is 5.91 Å². The number of carbonyl (C=O) groups is 4. The molecule has 0 aromatic heterocycles. The topological polar surface area (TPSA) is 90.0 Å². The second kappa shape index (κ2) is 12.5. The molecule has 1 unspecified atom stereocenters. The Kier molecular flexibility index (Phi) is 8.54. The van der Waals surface area contributed by atoms with Gasteiger partial charge >= 0.3 is 0 Å². The van der Waals surface area contributed by atoms with Crippen LogP contribution in [0.4, 0.5) is 21.5 Å². The molecule has 0 aliphatic carbocycles. The molecule has 8 nitrogen and oxygen atoms in total. The van der Waals surface area contributed by atoms with Gasteiger partial charge in [0.1, 0.15) is 18.4 Å². The Hall–Kier alpha value is -5.02. The molecule has 3 amide bonds. The van der Waals surface area contributed by atoms with Crippen LogP contribution in [-0.2, 0) is 20.9 Å². The normalized spacial score (nSPS) is 13.0. The second-order valence-corrected chi connectivity index (χ2v) is 10.7. The van der Waals surface area contributed by atoms with Crippen molar-refractivity contribution in [3.8, 4) is 0 Å². The van der Waals surface area contributed by atoms with Crippen molar-refractivity contribution in [3.05, 3.63) is 125 Å². The molecule has 5 rings (SSSR count). The lowest BCUT2D eigenvalue weighted by atomic mass is 10.0. The first-order valence-corrected chi connectivity index (χ1v) is 13.8. The largest absolute Gasteiger partial charge is 0.378 e. The zero-order valence-electron chi connectivity index (χ0n) is 23.5. The molecule has 10 heteroatoms. The van der Waals surface area contributed by atoms with E-state index >= 15 is 0 Å². The SMILES string of the molecule is CN(C)c1ccc(NC(=O)C(c2ccc(Cl)cc2)N(Cc2ccc(F)cc2)C(=O)CN2C(=O)C(=O)c3ccccc32)cc1. The van der Waals surface area contributed by atoms with Crippen molar-refractivity contribution in [1.82, 2.24) is 4.90 Å². The van der Waals surface area contributed by atoms with E-state index in [1.807, 2.05) is 31.1 Å². The fourth-order valence-corrected chi connectivity index (χ4v) is 5.04. The number of halogens is 2. The highest BCUT2D eigenvalue weighted by Crippen LogP contribution is 2.31. The van der Waals surface area contributed by atoms with Crippen LogP contribution in [0.15, 0.2) is 97.1 Å². The van der Waals surface area contributed by atoms with E-state index in [0.29, 0.717) is 27.5 Å². The molecule has 0 bridgehead atoms. The summed E-state index contributed by atoms with van der Waals surface area (Å²) in [6.45, 7) is -0.575. The summed E-state index contributed by atoms with van der Waals surface area (Å²) >= 11 is 6.15. The van der Waals surface area contributed by atoms with Gasteiger partial charge in [-0.15, -0.1) is 0 Å². The number of Topliss-reactive ketones (excluding diaryl/α,β-unsaturated/α-hetero) is 1. The zero-order chi connectivity index (χ0) is 30.7. The molecule has 4 aromatic carbocycles. The average molecular weight is 599 g/mol. The van der Waals surface area contributed by atoms with Gasteiger partial charge in [-0.1, -0.05) is 48.0 Å². The number of ketones is 1. The van der Waals surface area contributed by atoms with E-state index in [1.165, 1.54) is 35.2 Å². The van der Waals surface area contributed by atoms with Gasteiger partial charge in [0.05, 0.1) is 11.3 Å². The molecule has 0 radical (unpaired) electrons. The third kappa shape index (κ3) is 6.42. The number of carbonyl (C=O) groups excluding carboxylic acids is 4. The van der Waals surface area contributed by atoms with Crippen LogP contribution in [0.2, 0.25) is 5.02 Å². The summed E-state index contributed by atoms with van der Waals surface area (Å²) in [5.74, 6) is -3.10. The molecule has 1 aliphatic rings. The molecule has 0 saturated heterocycles. The zero-order valence-corrected chi connectivity index (χ0v) is 24.2. The van der Waals surface area contributed by atoms with Crippen molar-refractivity contribution in [2.45, 2.75) is 12.6 Å². The number of hydrogen-bond acceptors (Lipinski definition) is 5. The Morgan fingerprint density at radius 1 is 0.884 bits per heavy atom. The highest BCUT2D eigenvalue weighted by molar-refractivity contribution is 6.52. The molecule has 43 heavy (non-hydrogen) atoms. The number of anilines is 3. The maximum absolute atomic E-state index is 14.1. The third-order valence-electron chi connectivity index (χ3n) is 7.16. The van der Waals surface area contributed by atoms with E-state index in [9.17, 15) is 23.6 Å². The number of benzene rings is 4. The average Bonchev–Trinajstić information content (AvgIpc) is 3.23. The van der Waals surface area contributed by atoms with E-state index in [4.69, 9.17) is 11.6 Å². The number of fused-ring (bicyclic) bond motifs is 1. The van der Waals surface area contributed by atoms with Crippen LogP contribution in [-0.4, -0.2) is 49.0 Å². The molecule has 1 N–H and O–H groups in total. The lowest BCUT2D eigenvalue weighted by molar-refractivity contribution is -0.139. The van der Waals surface area contributed by atoms with Gasteiger partial charge < -0.3 is 15.1 Å². The summed E-state index contributed by atoms with van der Waals surface area (Å²) in [6, 6.07) is 24.6. The minimum atomic E-state index is -1.17. The Labute approximate surface area is 253 Å². The number of hydrogen-bond donors (Lipinski definition) is 1. The third-order valence-corrected chi connectivity index (χ3v) is 7.41. The number of nitrogens with zero attached hydrogens (tertiary/aromatic N) is 3. The van der Waals surface area contributed by atoms with Gasteiger partial charge in [0.25, 0.3) is 17.6 Å². The molecule has 1 atom stereocenters. The number of rotatable bonds is 9. The van der Waals surface area contributed by atoms with Crippen LogP contribution in [0.25, 0.3) is 0 Å². The molecule has 4 aromatic rings. The van der Waals surface area contributed by atoms with Gasteiger partial charge in [-0.05, 0) is 71.8 Å². The van der Waals surface area contributed by atoms with Crippen molar-refractivity contribution in [2.75, 3.05) is 35.8 Å². The van der Waals surface area contributed by atoms with Crippen molar-refractivity contribution in [3.63, 3.8) is 0 Å². The molecular formula is C33H28ClFN4O4. The van der Waals surface area contributed by atoms with E-state index in [-0.39, 0.29) is 12.1 Å². The fourth-order valence-electron chi connectivity index (χ4n) is 4.91. The number of amides is 3. The summed E-state index contributed by atoms with van der Waals surface area (Å²) in [5.41, 5.74) is 3.00. The van der Waals surface area contributed by atoms with Gasteiger partial charge in [0.15, 0.2) is 0 Å². The Morgan fingerprint density at radius 3 is 2.19 bits per heavy atom.